The van der Waals surface area contributed by atoms with Gasteiger partial charge in [0.05, 0.1) is 12.2 Å². The molecular formula is C16H16FN5OS. The Kier molecular flexibility index (Phi) is 4.66. The quantitative estimate of drug-likeness (QED) is 0.772. The maximum Gasteiger partial charge on any atom is 0.263 e. The van der Waals surface area contributed by atoms with E-state index >= 15 is 0 Å². The summed E-state index contributed by atoms with van der Waals surface area (Å²) in [7, 11) is 0. The third-order valence-corrected chi connectivity index (χ3v) is 4.80. The van der Waals surface area contributed by atoms with Crippen molar-refractivity contribution in [3.63, 3.8) is 0 Å². The van der Waals surface area contributed by atoms with E-state index in [4.69, 9.17) is 0 Å². The summed E-state index contributed by atoms with van der Waals surface area (Å²) in [6, 6.07) is 6.17. The van der Waals surface area contributed by atoms with Gasteiger partial charge in [-0.15, -0.1) is 11.3 Å². The minimum atomic E-state index is -0.355. The molecule has 3 rings (SSSR count). The van der Waals surface area contributed by atoms with Gasteiger partial charge in [0.2, 0.25) is 0 Å². The first kappa shape index (κ1) is 16.3. The SMILES string of the molecule is C[C@@H](NC(=O)c1cnc(-c2ccccc2F)s1)[C@H](C)n1cncn1. The van der Waals surface area contributed by atoms with Crippen molar-refractivity contribution in [1.82, 2.24) is 25.1 Å². The van der Waals surface area contributed by atoms with E-state index in [0.717, 1.165) is 11.3 Å². The van der Waals surface area contributed by atoms with Crippen LogP contribution in [0.5, 0.6) is 0 Å². The van der Waals surface area contributed by atoms with Crippen molar-refractivity contribution in [3.05, 3.63) is 53.8 Å². The fourth-order valence-electron chi connectivity index (χ4n) is 2.19. The van der Waals surface area contributed by atoms with E-state index in [1.54, 1.807) is 29.2 Å². The molecule has 1 N–H and O–H groups in total. The lowest BCUT2D eigenvalue weighted by Gasteiger charge is -2.20. The van der Waals surface area contributed by atoms with Crippen LogP contribution in [-0.2, 0) is 0 Å². The Morgan fingerprint density at radius 2 is 2.12 bits per heavy atom. The normalized spacial score (nSPS) is 13.5. The number of carbonyl (C=O) groups excluding carboxylic acids is 1. The lowest BCUT2D eigenvalue weighted by molar-refractivity contribution is 0.0932. The van der Waals surface area contributed by atoms with Crippen LogP contribution >= 0.6 is 11.3 Å². The third-order valence-electron chi connectivity index (χ3n) is 3.77. The van der Waals surface area contributed by atoms with E-state index in [-0.39, 0.29) is 23.8 Å². The number of aromatic nitrogens is 4. The van der Waals surface area contributed by atoms with Gasteiger partial charge >= 0.3 is 0 Å². The molecule has 124 valence electrons. The molecule has 0 saturated carbocycles. The highest BCUT2D eigenvalue weighted by Crippen LogP contribution is 2.27. The van der Waals surface area contributed by atoms with Crippen LogP contribution in [0.1, 0.15) is 29.6 Å². The zero-order valence-corrected chi connectivity index (χ0v) is 14.0. The van der Waals surface area contributed by atoms with Crippen molar-refractivity contribution < 1.29 is 9.18 Å². The fraction of sp³-hybridized carbons (Fsp3) is 0.250. The summed E-state index contributed by atoms with van der Waals surface area (Å²) >= 11 is 1.16. The summed E-state index contributed by atoms with van der Waals surface area (Å²) < 4.78 is 15.5. The summed E-state index contributed by atoms with van der Waals surface area (Å²) in [4.78, 5) is 20.9. The highest BCUT2D eigenvalue weighted by Gasteiger charge is 2.20. The topological polar surface area (TPSA) is 72.7 Å². The van der Waals surface area contributed by atoms with Gasteiger partial charge in [0, 0.05) is 11.6 Å². The third kappa shape index (κ3) is 3.33. The van der Waals surface area contributed by atoms with Crippen LogP contribution in [0.25, 0.3) is 10.6 Å². The molecule has 0 aliphatic carbocycles. The monoisotopic (exact) mass is 345 g/mol. The van der Waals surface area contributed by atoms with E-state index in [1.165, 1.54) is 18.6 Å². The van der Waals surface area contributed by atoms with Gasteiger partial charge in [-0.1, -0.05) is 12.1 Å². The molecule has 1 amide bonds. The Balaban J connectivity index is 1.71. The van der Waals surface area contributed by atoms with Crippen LogP contribution in [0.3, 0.4) is 0 Å². The predicted molar refractivity (Wildman–Crippen MR) is 89.2 cm³/mol. The molecule has 3 aromatic rings. The summed E-state index contributed by atoms with van der Waals surface area (Å²) in [6.45, 7) is 3.83. The van der Waals surface area contributed by atoms with Crippen molar-refractivity contribution in [2.45, 2.75) is 25.9 Å². The summed E-state index contributed by atoms with van der Waals surface area (Å²) in [5, 5.41) is 7.47. The number of thiazole rings is 1. The molecule has 0 saturated heterocycles. The van der Waals surface area contributed by atoms with E-state index in [9.17, 15) is 9.18 Å². The van der Waals surface area contributed by atoms with Crippen molar-refractivity contribution in [1.29, 1.82) is 0 Å². The minimum absolute atomic E-state index is 0.0459. The van der Waals surface area contributed by atoms with Crippen LogP contribution in [0.4, 0.5) is 4.39 Å². The van der Waals surface area contributed by atoms with Crippen molar-refractivity contribution in [3.8, 4) is 10.6 Å². The maximum atomic E-state index is 13.8. The highest BCUT2D eigenvalue weighted by atomic mass is 32.1. The molecule has 2 aromatic heterocycles. The molecule has 2 heterocycles. The van der Waals surface area contributed by atoms with Gasteiger partial charge in [0.25, 0.3) is 5.91 Å². The zero-order valence-electron chi connectivity index (χ0n) is 13.2. The van der Waals surface area contributed by atoms with Crippen LogP contribution < -0.4 is 5.32 Å². The second-order valence-corrected chi connectivity index (χ2v) is 6.42. The molecule has 0 aliphatic heterocycles. The molecule has 8 heteroatoms. The summed E-state index contributed by atoms with van der Waals surface area (Å²) in [5.41, 5.74) is 0.394. The molecule has 6 nitrogen and oxygen atoms in total. The molecule has 0 fully saturated rings. The van der Waals surface area contributed by atoms with Gasteiger partial charge in [-0.05, 0) is 26.0 Å². The first-order chi connectivity index (χ1) is 11.6. The lowest BCUT2D eigenvalue weighted by atomic mass is 10.2. The highest BCUT2D eigenvalue weighted by molar-refractivity contribution is 7.16. The van der Waals surface area contributed by atoms with Crippen LogP contribution in [0.15, 0.2) is 43.1 Å². The van der Waals surface area contributed by atoms with Gasteiger partial charge in [-0.25, -0.2) is 19.0 Å². The number of amides is 1. The van der Waals surface area contributed by atoms with E-state index in [1.807, 2.05) is 13.8 Å². The van der Waals surface area contributed by atoms with Crippen LogP contribution in [0, 0.1) is 5.82 Å². The average Bonchev–Trinajstić information content (AvgIpc) is 3.26. The number of rotatable bonds is 5. The molecule has 0 aliphatic rings. The number of halogens is 1. The summed E-state index contributed by atoms with van der Waals surface area (Å²) in [6.07, 6.45) is 4.53. The Morgan fingerprint density at radius 3 is 2.83 bits per heavy atom. The van der Waals surface area contributed by atoms with Crippen LogP contribution in [0.2, 0.25) is 0 Å². The number of benzene rings is 1. The first-order valence-corrected chi connectivity index (χ1v) is 8.23. The van der Waals surface area contributed by atoms with Crippen molar-refractivity contribution >= 4 is 17.2 Å². The first-order valence-electron chi connectivity index (χ1n) is 7.42. The lowest BCUT2D eigenvalue weighted by Crippen LogP contribution is -2.38. The second-order valence-electron chi connectivity index (χ2n) is 5.39. The van der Waals surface area contributed by atoms with E-state index in [2.05, 4.69) is 20.4 Å². The van der Waals surface area contributed by atoms with Gasteiger partial charge in [0.1, 0.15) is 28.4 Å². The zero-order chi connectivity index (χ0) is 17.1. The fourth-order valence-corrected chi connectivity index (χ4v) is 3.04. The van der Waals surface area contributed by atoms with Gasteiger partial charge in [0.15, 0.2) is 0 Å². The smallest absolute Gasteiger partial charge is 0.263 e. The van der Waals surface area contributed by atoms with Crippen molar-refractivity contribution in [2.24, 2.45) is 0 Å². The largest absolute Gasteiger partial charge is 0.347 e. The average molecular weight is 345 g/mol. The van der Waals surface area contributed by atoms with Crippen molar-refractivity contribution in [2.75, 3.05) is 0 Å². The Labute approximate surface area is 142 Å². The standard InChI is InChI=1S/C16H16FN5OS/c1-10(11(2)22-9-18-8-20-22)21-15(23)14-7-19-16(24-14)12-5-3-4-6-13(12)17/h3-11H,1-2H3,(H,21,23)/t10-,11+/m1/s1. The molecule has 0 unspecified atom stereocenters. The Bertz CT molecular complexity index is 833. The minimum Gasteiger partial charge on any atom is -0.347 e. The summed E-state index contributed by atoms with van der Waals surface area (Å²) in [5.74, 6) is -0.596. The molecule has 0 radical (unpaired) electrons. The molecule has 0 bridgehead atoms. The van der Waals surface area contributed by atoms with Gasteiger partial charge in [-0.3, -0.25) is 4.79 Å². The Morgan fingerprint density at radius 1 is 1.33 bits per heavy atom. The molecule has 1 aromatic carbocycles. The number of carbonyl (C=O) groups is 1. The maximum absolute atomic E-state index is 13.8. The van der Waals surface area contributed by atoms with Gasteiger partial charge < -0.3 is 5.32 Å². The number of hydrogen-bond donors (Lipinski definition) is 1. The number of hydrogen-bond acceptors (Lipinski definition) is 5. The Hall–Kier alpha value is -2.61. The molecule has 24 heavy (non-hydrogen) atoms. The molecule has 2 atom stereocenters. The number of nitrogens with zero attached hydrogens (tertiary/aromatic N) is 4. The van der Waals surface area contributed by atoms with Crippen LogP contribution in [-0.4, -0.2) is 31.7 Å². The second kappa shape index (κ2) is 6.88. The van der Waals surface area contributed by atoms with E-state index < -0.39 is 0 Å². The molecular weight excluding hydrogens is 329 g/mol. The molecule has 0 spiro atoms. The van der Waals surface area contributed by atoms with E-state index in [0.29, 0.717) is 15.4 Å². The number of nitrogens with one attached hydrogen (secondary N) is 1. The predicted octanol–water partition coefficient (Wildman–Crippen LogP) is 2.92. The van der Waals surface area contributed by atoms with Gasteiger partial charge in [-0.2, -0.15) is 5.10 Å².